The van der Waals surface area contributed by atoms with Crippen molar-refractivity contribution in [1.29, 1.82) is 0 Å². The van der Waals surface area contributed by atoms with E-state index in [1.54, 1.807) is 41.9 Å². The lowest BCUT2D eigenvalue weighted by Gasteiger charge is -2.08. The minimum atomic E-state index is -0.485. The SMILES string of the molecule is C=CC(=O)OCCSc1ccc(C#Cc2ccc(-c3ccc(COc4ccc(C#Cc5ccc(SCCOC(=O)C=C)cc5)cc4F)cc3)nc2)cc1. The molecule has 53 heavy (non-hydrogen) atoms. The highest BCUT2D eigenvalue weighted by atomic mass is 32.2. The van der Waals surface area contributed by atoms with Crippen molar-refractivity contribution in [3.8, 4) is 40.7 Å². The maximum absolute atomic E-state index is 14.9. The molecule has 0 N–H and O–H groups in total. The van der Waals surface area contributed by atoms with E-state index in [4.69, 9.17) is 14.2 Å². The van der Waals surface area contributed by atoms with Gasteiger partial charge >= 0.3 is 11.9 Å². The highest BCUT2D eigenvalue weighted by Crippen LogP contribution is 2.23. The molecule has 0 radical (unpaired) electrons. The maximum Gasteiger partial charge on any atom is 0.330 e. The fourth-order valence-corrected chi connectivity index (χ4v) is 6.01. The summed E-state index contributed by atoms with van der Waals surface area (Å²) < 4.78 is 30.6. The molecule has 5 rings (SSSR count). The number of pyridine rings is 1. The van der Waals surface area contributed by atoms with E-state index in [-0.39, 0.29) is 12.4 Å². The summed E-state index contributed by atoms with van der Waals surface area (Å²) in [5.74, 6) is 12.5. The summed E-state index contributed by atoms with van der Waals surface area (Å²) in [5, 5.41) is 0. The number of esters is 2. The number of halogens is 1. The van der Waals surface area contributed by atoms with Crippen LogP contribution in [-0.2, 0) is 25.7 Å². The van der Waals surface area contributed by atoms with E-state index in [1.165, 1.54) is 6.07 Å². The number of hydrogen-bond donors (Lipinski definition) is 0. The molecule has 0 saturated carbocycles. The largest absolute Gasteiger partial charge is 0.486 e. The van der Waals surface area contributed by atoms with Crippen LogP contribution in [0, 0.1) is 29.5 Å². The molecular formula is C44H34FNO5S2. The van der Waals surface area contributed by atoms with Crippen LogP contribution in [0.25, 0.3) is 11.3 Å². The van der Waals surface area contributed by atoms with Gasteiger partial charge in [-0.05, 0) is 84.4 Å². The van der Waals surface area contributed by atoms with Gasteiger partial charge in [0.15, 0.2) is 11.6 Å². The average Bonchev–Trinajstić information content (AvgIpc) is 3.20. The van der Waals surface area contributed by atoms with Crippen molar-refractivity contribution in [1.82, 2.24) is 4.98 Å². The molecule has 4 aromatic carbocycles. The smallest absolute Gasteiger partial charge is 0.330 e. The fraction of sp³-hybridized carbons (Fsp3) is 0.114. The molecule has 0 spiro atoms. The van der Waals surface area contributed by atoms with E-state index in [0.29, 0.717) is 30.3 Å². The van der Waals surface area contributed by atoms with Crippen LogP contribution in [0.4, 0.5) is 4.39 Å². The first-order valence-electron chi connectivity index (χ1n) is 16.4. The zero-order valence-electron chi connectivity index (χ0n) is 28.7. The van der Waals surface area contributed by atoms with Crippen LogP contribution in [0.1, 0.15) is 27.8 Å². The molecule has 5 aromatic rings. The van der Waals surface area contributed by atoms with E-state index in [0.717, 1.165) is 55.5 Å². The molecule has 0 fully saturated rings. The van der Waals surface area contributed by atoms with Gasteiger partial charge in [0.1, 0.15) is 19.8 Å². The predicted molar refractivity (Wildman–Crippen MR) is 209 cm³/mol. The molecule has 0 aliphatic carbocycles. The molecule has 1 aromatic heterocycles. The molecule has 6 nitrogen and oxygen atoms in total. The lowest BCUT2D eigenvalue weighted by atomic mass is 10.1. The molecule has 1 heterocycles. The van der Waals surface area contributed by atoms with Crippen molar-refractivity contribution in [3.05, 3.63) is 168 Å². The van der Waals surface area contributed by atoms with Crippen LogP contribution in [0.5, 0.6) is 5.75 Å². The number of thioether (sulfide) groups is 2. The number of carbonyl (C=O) groups is 2. The second-order valence-electron chi connectivity index (χ2n) is 11.1. The predicted octanol–water partition coefficient (Wildman–Crippen LogP) is 8.91. The topological polar surface area (TPSA) is 74.7 Å². The molecule has 9 heteroatoms. The van der Waals surface area contributed by atoms with Crippen LogP contribution < -0.4 is 4.74 Å². The molecule has 0 aliphatic heterocycles. The number of rotatable bonds is 14. The van der Waals surface area contributed by atoms with Crippen molar-refractivity contribution in [2.45, 2.75) is 16.4 Å². The van der Waals surface area contributed by atoms with Crippen LogP contribution in [0.3, 0.4) is 0 Å². The number of hydrogen-bond acceptors (Lipinski definition) is 8. The Labute approximate surface area is 317 Å². The number of aromatic nitrogens is 1. The highest BCUT2D eigenvalue weighted by molar-refractivity contribution is 7.99. The summed E-state index contributed by atoms with van der Waals surface area (Å²) >= 11 is 3.16. The van der Waals surface area contributed by atoms with Gasteiger partial charge in [0.25, 0.3) is 0 Å². The van der Waals surface area contributed by atoms with Crippen LogP contribution in [0.2, 0.25) is 0 Å². The van der Waals surface area contributed by atoms with Gasteiger partial charge in [-0.2, -0.15) is 0 Å². The third-order valence-electron chi connectivity index (χ3n) is 7.28. The Morgan fingerprint density at radius 3 is 1.68 bits per heavy atom. The summed E-state index contributed by atoms with van der Waals surface area (Å²) in [5.41, 5.74) is 5.66. The molecule has 0 bridgehead atoms. The molecule has 0 saturated heterocycles. The van der Waals surface area contributed by atoms with Crippen molar-refractivity contribution < 1.29 is 28.2 Å². The van der Waals surface area contributed by atoms with Crippen molar-refractivity contribution in [2.75, 3.05) is 24.7 Å². The van der Waals surface area contributed by atoms with Gasteiger partial charge in [-0.25, -0.2) is 14.0 Å². The Morgan fingerprint density at radius 2 is 1.17 bits per heavy atom. The maximum atomic E-state index is 14.9. The lowest BCUT2D eigenvalue weighted by molar-refractivity contribution is -0.138. The Kier molecular flexibility index (Phi) is 14.5. The first kappa shape index (κ1) is 38.2. The number of benzene rings is 4. The molecule has 0 aliphatic rings. The average molecular weight is 740 g/mol. The van der Waals surface area contributed by atoms with E-state index in [1.807, 2.05) is 84.9 Å². The molecular weight excluding hydrogens is 706 g/mol. The van der Waals surface area contributed by atoms with Gasteiger partial charge in [0, 0.05) is 67.5 Å². The minimum Gasteiger partial charge on any atom is -0.486 e. The highest BCUT2D eigenvalue weighted by Gasteiger charge is 2.06. The van der Waals surface area contributed by atoms with E-state index >= 15 is 0 Å². The summed E-state index contributed by atoms with van der Waals surface area (Å²) in [6.45, 7) is 7.59. The minimum absolute atomic E-state index is 0.150. The van der Waals surface area contributed by atoms with Gasteiger partial charge in [0.2, 0.25) is 0 Å². The third-order valence-corrected chi connectivity index (χ3v) is 9.23. The standard InChI is InChI=1S/C44H34FNO5S2/c1-3-43(47)49-25-27-52-38-19-11-32(12-20-38)5-7-34-16-24-42(40(45)29-34)51-31-36-9-17-37(18-10-36)41-23-15-35(30-46-41)8-6-33-13-21-39(22-14-33)53-28-26-50-44(48)4-2/h3-4,9-24,29-30H,1-2,25-28,31H2. The van der Waals surface area contributed by atoms with Crippen LogP contribution in [-0.4, -0.2) is 41.6 Å². The van der Waals surface area contributed by atoms with Gasteiger partial charge in [0.05, 0.1) is 5.69 Å². The normalized spacial score (nSPS) is 10.1. The van der Waals surface area contributed by atoms with Gasteiger partial charge in [-0.15, -0.1) is 23.5 Å². The van der Waals surface area contributed by atoms with Crippen molar-refractivity contribution in [3.63, 3.8) is 0 Å². The van der Waals surface area contributed by atoms with E-state index in [9.17, 15) is 14.0 Å². The van der Waals surface area contributed by atoms with Crippen LogP contribution in [0.15, 0.2) is 144 Å². The quantitative estimate of drug-likeness (QED) is 0.0368. The third kappa shape index (κ3) is 12.6. The zero-order valence-corrected chi connectivity index (χ0v) is 30.3. The molecule has 0 atom stereocenters. The zero-order chi connectivity index (χ0) is 37.3. The molecule has 264 valence electrons. The van der Waals surface area contributed by atoms with Crippen molar-refractivity contribution in [2.24, 2.45) is 0 Å². The second kappa shape index (κ2) is 20.1. The first-order valence-corrected chi connectivity index (χ1v) is 18.4. The number of nitrogens with zero attached hydrogens (tertiary/aromatic N) is 1. The van der Waals surface area contributed by atoms with E-state index in [2.05, 4.69) is 41.8 Å². The van der Waals surface area contributed by atoms with Crippen LogP contribution >= 0.6 is 23.5 Å². The Bertz CT molecular complexity index is 2160. The molecule has 0 amide bonds. The Morgan fingerprint density at radius 1 is 0.660 bits per heavy atom. The second-order valence-corrected chi connectivity index (χ2v) is 13.4. The number of ether oxygens (including phenoxy) is 3. The van der Waals surface area contributed by atoms with Crippen molar-refractivity contribution >= 4 is 35.5 Å². The fourth-order valence-electron chi connectivity index (χ4n) is 4.55. The summed E-state index contributed by atoms with van der Waals surface area (Å²) in [6, 6.07) is 31.9. The lowest BCUT2D eigenvalue weighted by Crippen LogP contribution is -2.03. The van der Waals surface area contributed by atoms with Gasteiger partial charge in [-0.1, -0.05) is 61.1 Å². The summed E-state index contributed by atoms with van der Waals surface area (Å²) in [4.78, 5) is 28.9. The molecule has 0 unspecified atom stereocenters. The summed E-state index contributed by atoms with van der Waals surface area (Å²) in [7, 11) is 0. The first-order chi connectivity index (χ1) is 25.9. The van der Waals surface area contributed by atoms with Gasteiger partial charge < -0.3 is 14.2 Å². The summed E-state index contributed by atoms with van der Waals surface area (Å²) in [6.07, 6.45) is 4.05. The van der Waals surface area contributed by atoms with Gasteiger partial charge in [-0.3, -0.25) is 4.98 Å². The Balaban J connectivity index is 1.07. The monoisotopic (exact) mass is 739 g/mol. The van der Waals surface area contributed by atoms with E-state index < -0.39 is 17.8 Å². The Hall–Kier alpha value is -6.00. The number of carbonyl (C=O) groups excluding carboxylic acids is 2.